The van der Waals surface area contributed by atoms with E-state index in [9.17, 15) is 4.79 Å². The maximum absolute atomic E-state index is 11.3. The third-order valence-electron chi connectivity index (χ3n) is 3.15. The molecule has 1 fully saturated rings. The molecule has 1 aliphatic carbocycles. The number of aliphatic hydroxyl groups excluding tert-OH is 1. The molecule has 15 heavy (non-hydrogen) atoms. The zero-order chi connectivity index (χ0) is 11.1. The Bertz CT molecular complexity index is 199. The van der Waals surface area contributed by atoms with Crippen LogP contribution in [-0.2, 0) is 4.79 Å². The van der Waals surface area contributed by atoms with E-state index in [0.29, 0.717) is 30.7 Å². The monoisotopic (exact) mass is 233 g/mol. The Labute approximate surface area is 96.2 Å². The average molecular weight is 234 g/mol. The van der Waals surface area contributed by atoms with Gasteiger partial charge in [-0.05, 0) is 31.1 Å². The van der Waals surface area contributed by atoms with Crippen molar-refractivity contribution >= 4 is 17.5 Å². The number of aliphatic hydroxyl groups is 1. The fourth-order valence-electron chi connectivity index (χ4n) is 2.18. The summed E-state index contributed by atoms with van der Waals surface area (Å²) in [5, 5.41) is 12.0. The molecule has 1 aliphatic rings. The number of nitrogens with one attached hydrogen (secondary N) is 1. The van der Waals surface area contributed by atoms with Crippen molar-refractivity contribution in [3.05, 3.63) is 0 Å². The molecule has 1 amide bonds. The summed E-state index contributed by atoms with van der Waals surface area (Å²) in [6, 6.07) is 0. The lowest BCUT2D eigenvalue weighted by Gasteiger charge is -2.17. The molecule has 0 saturated heterocycles. The minimum absolute atomic E-state index is 0.0826. The quantitative estimate of drug-likeness (QED) is 0.684. The van der Waals surface area contributed by atoms with Crippen molar-refractivity contribution in [1.82, 2.24) is 5.32 Å². The Kier molecular flexibility index (Phi) is 6.03. The summed E-state index contributed by atoms with van der Waals surface area (Å²) in [5.41, 5.74) is 0. The van der Waals surface area contributed by atoms with Gasteiger partial charge in [-0.15, -0.1) is 11.6 Å². The Morgan fingerprint density at radius 2 is 2.13 bits per heavy atom. The van der Waals surface area contributed by atoms with E-state index in [2.05, 4.69) is 5.32 Å². The van der Waals surface area contributed by atoms with Gasteiger partial charge < -0.3 is 10.4 Å². The SMILES string of the molecule is O=C(CCCCl)NCC1CCCC1CO. The van der Waals surface area contributed by atoms with Crippen molar-refractivity contribution in [3.63, 3.8) is 0 Å². The van der Waals surface area contributed by atoms with Gasteiger partial charge in [0.1, 0.15) is 0 Å². The highest BCUT2D eigenvalue weighted by Gasteiger charge is 2.26. The largest absolute Gasteiger partial charge is 0.396 e. The van der Waals surface area contributed by atoms with E-state index in [-0.39, 0.29) is 12.5 Å². The van der Waals surface area contributed by atoms with E-state index in [4.69, 9.17) is 16.7 Å². The lowest BCUT2D eigenvalue weighted by molar-refractivity contribution is -0.121. The summed E-state index contributed by atoms with van der Waals surface area (Å²) in [6.45, 7) is 0.967. The van der Waals surface area contributed by atoms with E-state index in [0.717, 1.165) is 19.3 Å². The number of carbonyl (C=O) groups excluding carboxylic acids is 1. The van der Waals surface area contributed by atoms with Gasteiger partial charge in [-0.3, -0.25) is 4.79 Å². The number of alkyl halides is 1. The van der Waals surface area contributed by atoms with E-state index >= 15 is 0 Å². The predicted molar refractivity (Wildman–Crippen MR) is 60.9 cm³/mol. The van der Waals surface area contributed by atoms with Crippen molar-refractivity contribution in [3.8, 4) is 0 Å². The maximum Gasteiger partial charge on any atom is 0.220 e. The van der Waals surface area contributed by atoms with Crippen LogP contribution >= 0.6 is 11.6 Å². The summed E-state index contributed by atoms with van der Waals surface area (Å²) >= 11 is 5.51. The van der Waals surface area contributed by atoms with Gasteiger partial charge in [-0.2, -0.15) is 0 Å². The van der Waals surface area contributed by atoms with Gasteiger partial charge in [0.2, 0.25) is 5.91 Å². The van der Waals surface area contributed by atoms with Crippen LogP contribution in [0.4, 0.5) is 0 Å². The molecule has 0 aromatic heterocycles. The van der Waals surface area contributed by atoms with Gasteiger partial charge in [-0.25, -0.2) is 0 Å². The molecule has 0 radical (unpaired) electrons. The van der Waals surface area contributed by atoms with Crippen LogP contribution in [0.25, 0.3) is 0 Å². The fourth-order valence-corrected chi connectivity index (χ4v) is 2.32. The highest BCUT2D eigenvalue weighted by Crippen LogP contribution is 2.30. The van der Waals surface area contributed by atoms with Crippen LogP contribution in [0.15, 0.2) is 0 Å². The van der Waals surface area contributed by atoms with E-state index in [1.807, 2.05) is 0 Å². The molecule has 4 heteroatoms. The second-order valence-electron chi connectivity index (χ2n) is 4.23. The third kappa shape index (κ3) is 4.39. The van der Waals surface area contributed by atoms with E-state index < -0.39 is 0 Å². The van der Waals surface area contributed by atoms with Gasteiger partial charge in [-0.1, -0.05) is 6.42 Å². The second-order valence-corrected chi connectivity index (χ2v) is 4.61. The van der Waals surface area contributed by atoms with Crippen LogP contribution in [0.1, 0.15) is 32.1 Å². The van der Waals surface area contributed by atoms with Crippen LogP contribution in [0, 0.1) is 11.8 Å². The summed E-state index contributed by atoms with van der Waals surface area (Å²) in [4.78, 5) is 11.3. The fraction of sp³-hybridized carbons (Fsp3) is 0.909. The topological polar surface area (TPSA) is 49.3 Å². The van der Waals surface area contributed by atoms with Crippen molar-refractivity contribution in [2.75, 3.05) is 19.0 Å². The Balaban J connectivity index is 2.15. The van der Waals surface area contributed by atoms with Crippen LogP contribution in [0.3, 0.4) is 0 Å². The highest BCUT2D eigenvalue weighted by molar-refractivity contribution is 6.17. The number of hydrogen-bond acceptors (Lipinski definition) is 2. The summed E-state index contributed by atoms with van der Waals surface area (Å²) in [6.07, 6.45) is 4.65. The third-order valence-corrected chi connectivity index (χ3v) is 3.42. The number of hydrogen-bond donors (Lipinski definition) is 2. The van der Waals surface area contributed by atoms with Gasteiger partial charge in [0, 0.05) is 25.5 Å². The maximum atomic E-state index is 11.3. The molecule has 0 aromatic rings. The summed E-state index contributed by atoms with van der Waals surface area (Å²) in [7, 11) is 0. The van der Waals surface area contributed by atoms with Crippen molar-refractivity contribution in [2.45, 2.75) is 32.1 Å². The summed E-state index contributed by atoms with van der Waals surface area (Å²) in [5.74, 6) is 1.48. The Morgan fingerprint density at radius 1 is 1.40 bits per heavy atom. The van der Waals surface area contributed by atoms with Crippen LogP contribution in [0.2, 0.25) is 0 Å². The molecule has 2 N–H and O–H groups in total. The normalized spacial score (nSPS) is 25.5. The smallest absolute Gasteiger partial charge is 0.220 e. The first-order valence-corrected chi connectivity index (χ1v) is 6.25. The van der Waals surface area contributed by atoms with Crippen molar-refractivity contribution < 1.29 is 9.90 Å². The van der Waals surface area contributed by atoms with Gasteiger partial charge >= 0.3 is 0 Å². The van der Waals surface area contributed by atoms with E-state index in [1.165, 1.54) is 6.42 Å². The first kappa shape index (κ1) is 12.8. The molecule has 2 unspecified atom stereocenters. The van der Waals surface area contributed by atoms with E-state index in [1.54, 1.807) is 0 Å². The number of rotatable bonds is 6. The van der Waals surface area contributed by atoms with Crippen LogP contribution in [-0.4, -0.2) is 30.0 Å². The first-order chi connectivity index (χ1) is 7.27. The molecule has 3 nitrogen and oxygen atoms in total. The highest BCUT2D eigenvalue weighted by atomic mass is 35.5. The molecule has 2 atom stereocenters. The molecule has 1 rings (SSSR count). The molecule has 0 spiro atoms. The zero-order valence-corrected chi connectivity index (χ0v) is 9.80. The zero-order valence-electron chi connectivity index (χ0n) is 9.04. The second kappa shape index (κ2) is 7.07. The van der Waals surface area contributed by atoms with Crippen LogP contribution < -0.4 is 5.32 Å². The molecule has 1 saturated carbocycles. The number of amides is 1. The molecule has 0 aromatic carbocycles. The molecular weight excluding hydrogens is 214 g/mol. The minimum atomic E-state index is 0.0826. The number of carbonyl (C=O) groups is 1. The lowest BCUT2D eigenvalue weighted by atomic mass is 9.97. The predicted octanol–water partition coefficient (Wildman–Crippen LogP) is 1.53. The average Bonchev–Trinajstić information content (AvgIpc) is 2.70. The summed E-state index contributed by atoms with van der Waals surface area (Å²) < 4.78 is 0. The Hall–Kier alpha value is -0.280. The minimum Gasteiger partial charge on any atom is -0.396 e. The lowest BCUT2D eigenvalue weighted by Crippen LogP contribution is -2.31. The molecule has 88 valence electrons. The van der Waals surface area contributed by atoms with Crippen molar-refractivity contribution in [2.24, 2.45) is 11.8 Å². The first-order valence-electron chi connectivity index (χ1n) is 5.71. The molecular formula is C11H20ClNO2. The molecule has 0 aliphatic heterocycles. The molecule has 0 heterocycles. The van der Waals surface area contributed by atoms with Gasteiger partial charge in [0.15, 0.2) is 0 Å². The van der Waals surface area contributed by atoms with Crippen molar-refractivity contribution in [1.29, 1.82) is 0 Å². The standard InChI is InChI=1S/C11H20ClNO2/c12-6-2-5-11(15)13-7-9-3-1-4-10(9)8-14/h9-10,14H,1-8H2,(H,13,15). The van der Waals surface area contributed by atoms with Gasteiger partial charge in [0.25, 0.3) is 0 Å². The van der Waals surface area contributed by atoms with Crippen LogP contribution in [0.5, 0.6) is 0 Å². The van der Waals surface area contributed by atoms with Gasteiger partial charge in [0.05, 0.1) is 0 Å². The number of halogens is 1. The molecule has 0 bridgehead atoms. The Morgan fingerprint density at radius 3 is 2.80 bits per heavy atom.